The molecule has 1 aromatic rings. The Morgan fingerprint density at radius 1 is 1.12 bits per heavy atom. The Bertz CT molecular complexity index is 523. The first-order valence-corrected chi connectivity index (χ1v) is 10.7. The van der Waals surface area contributed by atoms with Gasteiger partial charge in [-0.15, -0.1) is 11.6 Å². The highest BCUT2D eigenvalue weighted by Gasteiger charge is 2.41. The second-order valence-corrected chi connectivity index (χ2v) is 8.72. The van der Waals surface area contributed by atoms with Crippen LogP contribution in [0.4, 0.5) is 0 Å². The van der Waals surface area contributed by atoms with Crippen LogP contribution >= 0.6 is 11.6 Å². The van der Waals surface area contributed by atoms with Gasteiger partial charge in [0.15, 0.2) is 0 Å². The zero-order chi connectivity index (χ0) is 17.8. The van der Waals surface area contributed by atoms with Gasteiger partial charge in [0.05, 0.1) is 12.2 Å². The van der Waals surface area contributed by atoms with Gasteiger partial charge < -0.3 is 10.2 Å². The van der Waals surface area contributed by atoms with Crippen molar-refractivity contribution in [3.8, 4) is 0 Å². The van der Waals surface area contributed by atoms with Crippen LogP contribution in [0.5, 0.6) is 0 Å². The molecule has 0 saturated heterocycles. The lowest BCUT2D eigenvalue weighted by Gasteiger charge is -2.28. The molecule has 0 bridgehead atoms. The average Bonchev–Trinajstić information content (AvgIpc) is 2.93. The predicted octanol–water partition coefficient (Wildman–Crippen LogP) is 5.56. The molecule has 1 aromatic carbocycles. The van der Waals surface area contributed by atoms with Crippen LogP contribution < -0.4 is 0 Å². The van der Waals surface area contributed by atoms with Crippen LogP contribution in [-0.4, -0.2) is 21.7 Å². The minimum atomic E-state index is -0.349. The van der Waals surface area contributed by atoms with E-state index in [1.54, 1.807) is 0 Å². The Kier molecular flexibility index (Phi) is 6.82. The van der Waals surface area contributed by atoms with Gasteiger partial charge in [0.25, 0.3) is 0 Å². The zero-order valence-corrected chi connectivity index (χ0v) is 16.2. The van der Waals surface area contributed by atoms with Gasteiger partial charge in [-0.25, -0.2) is 0 Å². The van der Waals surface area contributed by atoms with Gasteiger partial charge in [-0.05, 0) is 48.6 Å². The summed E-state index contributed by atoms with van der Waals surface area (Å²) in [5.74, 6) is 0.891. The van der Waals surface area contributed by atoms with Gasteiger partial charge in [0.1, 0.15) is 0 Å². The SMILES string of the molecule is CCCCC1C(Cl)CC(O)C1c1ccc(C(O)C2CCCCC2)cc1. The molecule has 5 unspecified atom stereocenters. The van der Waals surface area contributed by atoms with Crippen LogP contribution in [0.25, 0.3) is 0 Å². The number of unbranched alkanes of at least 4 members (excludes halogenated alkanes) is 1. The summed E-state index contributed by atoms with van der Waals surface area (Å²) in [4.78, 5) is 0. The molecule has 2 aliphatic rings. The van der Waals surface area contributed by atoms with Crippen molar-refractivity contribution in [2.24, 2.45) is 11.8 Å². The topological polar surface area (TPSA) is 40.5 Å². The number of hydrogen-bond donors (Lipinski definition) is 2. The van der Waals surface area contributed by atoms with Gasteiger partial charge >= 0.3 is 0 Å². The first kappa shape index (κ1) is 19.2. The third-order valence-corrected chi connectivity index (χ3v) is 6.96. The summed E-state index contributed by atoms with van der Waals surface area (Å²) in [6, 6.07) is 8.37. The van der Waals surface area contributed by atoms with Crippen LogP contribution in [0, 0.1) is 11.8 Å². The molecule has 0 aliphatic heterocycles. The van der Waals surface area contributed by atoms with Crippen molar-refractivity contribution in [1.29, 1.82) is 0 Å². The predicted molar refractivity (Wildman–Crippen MR) is 104 cm³/mol. The van der Waals surface area contributed by atoms with E-state index in [0.29, 0.717) is 18.3 Å². The molecule has 0 amide bonds. The monoisotopic (exact) mass is 364 g/mol. The van der Waals surface area contributed by atoms with E-state index in [-0.39, 0.29) is 23.5 Å². The van der Waals surface area contributed by atoms with Crippen molar-refractivity contribution in [2.75, 3.05) is 0 Å². The van der Waals surface area contributed by atoms with E-state index in [1.807, 2.05) is 0 Å². The molecule has 2 aliphatic carbocycles. The number of aliphatic hydroxyl groups excluding tert-OH is 2. The van der Waals surface area contributed by atoms with E-state index >= 15 is 0 Å². The summed E-state index contributed by atoms with van der Waals surface area (Å²) in [6.45, 7) is 2.20. The number of rotatable bonds is 6. The lowest BCUT2D eigenvalue weighted by molar-refractivity contribution is 0.0848. The van der Waals surface area contributed by atoms with Crippen molar-refractivity contribution in [3.05, 3.63) is 35.4 Å². The summed E-state index contributed by atoms with van der Waals surface area (Å²) in [7, 11) is 0. The van der Waals surface area contributed by atoms with Crippen molar-refractivity contribution >= 4 is 11.6 Å². The Hall–Kier alpha value is -0.570. The van der Waals surface area contributed by atoms with Crippen LogP contribution in [0.15, 0.2) is 24.3 Å². The standard InChI is InChI=1S/C22H33ClO2/c1-2-3-9-18-19(23)14-20(24)21(18)15-10-12-17(13-11-15)22(25)16-7-5-4-6-8-16/h10-13,16,18-22,24-25H,2-9,14H2,1H3. The molecular weight excluding hydrogens is 332 g/mol. The van der Waals surface area contributed by atoms with Gasteiger partial charge in [0.2, 0.25) is 0 Å². The fourth-order valence-electron chi connectivity index (χ4n) is 4.97. The van der Waals surface area contributed by atoms with Crippen molar-refractivity contribution in [1.82, 2.24) is 0 Å². The minimum absolute atomic E-state index is 0.0686. The van der Waals surface area contributed by atoms with E-state index in [2.05, 4.69) is 31.2 Å². The molecule has 0 radical (unpaired) electrons. The van der Waals surface area contributed by atoms with Gasteiger partial charge in [-0.1, -0.05) is 63.3 Å². The number of benzene rings is 1. The minimum Gasteiger partial charge on any atom is -0.392 e. The van der Waals surface area contributed by atoms with Crippen LogP contribution in [0.3, 0.4) is 0 Å². The Morgan fingerprint density at radius 2 is 1.80 bits per heavy atom. The average molecular weight is 365 g/mol. The van der Waals surface area contributed by atoms with E-state index in [1.165, 1.54) is 24.8 Å². The van der Waals surface area contributed by atoms with Gasteiger partial charge in [-0.3, -0.25) is 0 Å². The smallest absolute Gasteiger partial charge is 0.0818 e. The lowest BCUT2D eigenvalue weighted by atomic mass is 9.81. The highest BCUT2D eigenvalue weighted by molar-refractivity contribution is 6.21. The van der Waals surface area contributed by atoms with Crippen molar-refractivity contribution in [3.63, 3.8) is 0 Å². The first-order valence-electron chi connectivity index (χ1n) is 10.2. The number of hydrogen-bond acceptors (Lipinski definition) is 2. The summed E-state index contributed by atoms with van der Waals surface area (Å²) >= 11 is 6.54. The number of aliphatic hydroxyl groups is 2. The normalized spacial score (nSPS) is 32.0. The molecule has 3 rings (SSSR count). The highest BCUT2D eigenvalue weighted by Crippen LogP contribution is 2.45. The molecule has 2 nitrogen and oxygen atoms in total. The third-order valence-electron chi connectivity index (χ3n) is 6.46. The maximum absolute atomic E-state index is 10.7. The molecule has 3 heteroatoms. The Balaban J connectivity index is 1.71. The highest BCUT2D eigenvalue weighted by atomic mass is 35.5. The molecule has 2 saturated carbocycles. The Morgan fingerprint density at radius 3 is 2.44 bits per heavy atom. The molecule has 5 atom stereocenters. The van der Waals surface area contributed by atoms with E-state index in [9.17, 15) is 10.2 Å². The molecule has 25 heavy (non-hydrogen) atoms. The lowest BCUT2D eigenvalue weighted by Crippen LogP contribution is -2.19. The summed E-state index contributed by atoms with van der Waals surface area (Å²) in [6.07, 6.45) is 9.46. The second-order valence-electron chi connectivity index (χ2n) is 8.16. The van der Waals surface area contributed by atoms with Crippen molar-refractivity contribution < 1.29 is 10.2 Å². The van der Waals surface area contributed by atoms with E-state index in [0.717, 1.165) is 37.7 Å². The van der Waals surface area contributed by atoms with Gasteiger partial charge in [0, 0.05) is 11.3 Å². The van der Waals surface area contributed by atoms with Crippen LogP contribution in [0.2, 0.25) is 0 Å². The molecule has 0 heterocycles. The third kappa shape index (κ3) is 4.40. The first-order chi connectivity index (χ1) is 12.1. The quantitative estimate of drug-likeness (QED) is 0.648. The fourth-order valence-corrected chi connectivity index (χ4v) is 5.43. The summed E-state index contributed by atoms with van der Waals surface area (Å²) in [5.41, 5.74) is 2.20. The van der Waals surface area contributed by atoms with Gasteiger partial charge in [-0.2, -0.15) is 0 Å². The second kappa shape index (κ2) is 8.88. The van der Waals surface area contributed by atoms with Crippen LogP contribution in [-0.2, 0) is 0 Å². The summed E-state index contributed by atoms with van der Waals surface area (Å²) in [5, 5.41) is 21.3. The van der Waals surface area contributed by atoms with Crippen molar-refractivity contribution in [2.45, 2.75) is 88.2 Å². The molecule has 2 fully saturated rings. The maximum Gasteiger partial charge on any atom is 0.0818 e. The largest absolute Gasteiger partial charge is 0.392 e. The fraction of sp³-hybridized carbons (Fsp3) is 0.727. The molecule has 0 aromatic heterocycles. The van der Waals surface area contributed by atoms with Crippen LogP contribution in [0.1, 0.15) is 87.9 Å². The Labute approximate surface area is 157 Å². The molecular formula is C22H33ClO2. The maximum atomic E-state index is 10.7. The zero-order valence-electron chi connectivity index (χ0n) is 15.4. The molecule has 140 valence electrons. The van der Waals surface area contributed by atoms with E-state index < -0.39 is 0 Å². The number of alkyl halides is 1. The summed E-state index contributed by atoms with van der Waals surface area (Å²) < 4.78 is 0. The molecule has 0 spiro atoms. The molecule has 2 N–H and O–H groups in total. The number of halogens is 1. The van der Waals surface area contributed by atoms with E-state index in [4.69, 9.17) is 11.6 Å².